The third-order valence-electron chi connectivity index (χ3n) is 4.20. The highest BCUT2D eigenvalue weighted by Crippen LogP contribution is 2.42. The van der Waals surface area contributed by atoms with Gasteiger partial charge in [0.05, 0.1) is 12.8 Å². The van der Waals surface area contributed by atoms with Crippen LogP contribution in [0.5, 0.6) is 5.75 Å². The Bertz CT molecular complexity index is 482. The van der Waals surface area contributed by atoms with Crippen LogP contribution in [-0.4, -0.2) is 22.8 Å². The molecule has 1 aromatic rings. The Kier molecular flexibility index (Phi) is 3.14. The lowest BCUT2D eigenvalue weighted by Crippen LogP contribution is -2.41. The standard InChI is InChI=1S/C15H22N2O3/c1-14(2)15(3,4)20-17(19-14)12-7-8-16-9-13(12)18-10-11-5-6-11/h7-9,11H,5-6,10H2,1-4H3. The van der Waals surface area contributed by atoms with E-state index in [9.17, 15) is 0 Å². The van der Waals surface area contributed by atoms with Crippen LogP contribution in [0.15, 0.2) is 18.5 Å². The van der Waals surface area contributed by atoms with Gasteiger partial charge in [0, 0.05) is 6.20 Å². The smallest absolute Gasteiger partial charge is 0.165 e. The molecule has 1 aliphatic carbocycles. The molecule has 1 saturated heterocycles. The first kappa shape index (κ1) is 13.6. The van der Waals surface area contributed by atoms with E-state index in [4.69, 9.17) is 14.4 Å². The van der Waals surface area contributed by atoms with Crippen LogP contribution < -0.4 is 9.96 Å². The van der Waals surface area contributed by atoms with E-state index in [1.165, 1.54) is 18.1 Å². The van der Waals surface area contributed by atoms with E-state index in [1.54, 1.807) is 12.4 Å². The summed E-state index contributed by atoms with van der Waals surface area (Å²) in [7, 11) is 0. The number of aromatic nitrogens is 1. The Hall–Kier alpha value is -1.33. The van der Waals surface area contributed by atoms with Gasteiger partial charge in [-0.25, -0.2) is 9.68 Å². The molecular weight excluding hydrogens is 256 g/mol. The summed E-state index contributed by atoms with van der Waals surface area (Å²) in [5, 5.41) is 1.46. The Balaban J connectivity index is 1.79. The van der Waals surface area contributed by atoms with Crippen molar-refractivity contribution in [3.63, 3.8) is 0 Å². The van der Waals surface area contributed by atoms with Crippen molar-refractivity contribution < 1.29 is 14.4 Å². The zero-order valence-corrected chi connectivity index (χ0v) is 12.5. The Morgan fingerprint density at radius 1 is 1.25 bits per heavy atom. The minimum atomic E-state index is -0.413. The largest absolute Gasteiger partial charge is 0.489 e. The van der Waals surface area contributed by atoms with Crippen LogP contribution in [0.4, 0.5) is 5.69 Å². The fraction of sp³-hybridized carbons (Fsp3) is 0.667. The first-order chi connectivity index (χ1) is 9.39. The molecule has 1 saturated carbocycles. The average Bonchev–Trinajstić information content (AvgIpc) is 3.15. The topological polar surface area (TPSA) is 43.8 Å². The second-order valence-corrected chi connectivity index (χ2v) is 6.56. The van der Waals surface area contributed by atoms with Crippen LogP contribution in [0.2, 0.25) is 0 Å². The van der Waals surface area contributed by atoms with Crippen LogP contribution >= 0.6 is 0 Å². The number of rotatable bonds is 4. The van der Waals surface area contributed by atoms with E-state index < -0.39 is 11.2 Å². The molecule has 2 heterocycles. The molecule has 5 nitrogen and oxygen atoms in total. The summed E-state index contributed by atoms with van der Waals surface area (Å²) in [5.41, 5.74) is -0.0621. The molecule has 0 radical (unpaired) electrons. The second kappa shape index (κ2) is 4.60. The molecule has 1 aliphatic heterocycles. The van der Waals surface area contributed by atoms with Crippen molar-refractivity contribution in [3.8, 4) is 5.75 Å². The summed E-state index contributed by atoms with van der Waals surface area (Å²) in [4.78, 5) is 16.0. The highest BCUT2D eigenvalue weighted by molar-refractivity contribution is 5.54. The van der Waals surface area contributed by atoms with E-state index >= 15 is 0 Å². The van der Waals surface area contributed by atoms with Gasteiger partial charge in [-0.15, -0.1) is 5.23 Å². The van der Waals surface area contributed by atoms with Gasteiger partial charge >= 0.3 is 0 Å². The van der Waals surface area contributed by atoms with Crippen molar-refractivity contribution in [2.24, 2.45) is 5.92 Å². The number of nitrogens with zero attached hydrogens (tertiary/aromatic N) is 2. The molecule has 1 aromatic heterocycles. The van der Waals surface area contributed by atoms with Crippen molar-refractivity contribution in [2.75, 3.05) is 11.8 Å². The fourth-order valence-electron chi connectivity index (χ4n) is 1.88. The first-order valence-electron chi connectivity index (χ1n) is 7.14. The summed E-state index contributed by atoms with van der Waals surface area (Å²) < 4.78 is 5.85. The van der Waals surface area contributed by atoms with Crippen molar-refractivity contribution in [1.29, 1.82) is 0 Å². The zero-order chi connectivity index (χ0) is 14.4. The molecule has 2 fully saturated rings. The monoisotopic (exact) mass is 278 g/mol. The predicted octanol–water partition coefficient (Wildman–Crippen LogP) is 3.11. The maximum absolute atomic E-state index is 5.92. The van der Waals surface area contributed by atoms with Crippen molar-refractivity contribution >= 4 is 5.69 Å². The highest BCUT2D eigenvalue weighted by atomic mass is 17.0. The van der Waals surface area contributed by atoms with Gasteiger partial charge in [0.15, 0.2) is 5.75 Å². The number of hydrogen-bond acceptors (Lipinski definition) is 5. The van der Waals surface area contributed by atoms with Crippen molar-refractivity contribution in [3.05, 3.63) is 18.5 Å². The maximum atomic E-state index is 5.92. The molecule has 20 heavy (non-hydrogen) atoms. The predicted molar refractivity (Wildman–Crippen MR) is 75.3 cm³/mol. The fourth-order valence-corrected chi connectivity index (χ4v) is 1.88. The van der Waals surface area contributed by atoms with Crippen molar-refractivity contribution in [2.45, 2.75) is 51.7 Å². The highest BCUT2D eigenvalue weighted by Gasteiger charge is 2.50. The number of ether oxygens (including phenoxy) is 1. The Morgan fingerprint density at radius 3 is 2.50 bits per heavy atom. The lowest BCUT2D eigenvalue weighted by Gasteiger charge is -2.26. The van der Waals surface area contributed by atoms with E-state index in [1.807, 2.05) is 33.8 Å². The van der Waals surface area contributed by atoms with E-state index in [0.29, 0.717) is 11.7 Å². The van der Waals surface area contributed by atoms with E-state index in [0.717, 1.165) is 12.3 Å². The minimum absolute atomic E-state index is 0.413. The number of pyridine rings is 1. The van der Waals surface area contributed by atoms with Gasteiger partial charge in [-0.3, -0.25) is 4.98 Å². The summed E-state index contributed by atoms with van der Waals surface area (Å²) in [6.45, 7) is 8.79. The van der Waals surface area contributed by atoms with Gasteiger partial charge in [-0.05, 0) is 52.5 Å². The lowest BCUT2D eigenvalue weighted by atomic mass is 9.90. The summed E-state index contributed by atoms with van der Waals surface area (Å²) in [5.74, 6) is 1.39. The van der Waals surface area contributed by atoms with Gasteiger partial charge in [0.1, 0.15) is 16.9 Å². The van der Waals surface area contributed by atoms with Crippen LogP contribution in [0.3, 0.4) is 0 Å². The summed E-state index contributed by atoms with van der Waals surface area (Å²) in [6.07, 6.45) is 5.94. The Labute approximate surface area is 119 Å². The average molecular weight is 278 g/mol. The normalized spacial score (nSPS) is 23.9. The Morgan fingerprint density at radius 2 is 1.90 bits per heavy atom. The molecule has 0 unspecified atom stereocenters. The van der Waals surface area contributed by atoms with Gasteiger partial charge in [0.2, 0.25) is 0 Å². The van der Waals surface area contributed by atoms with Gasteiger partial charge in [-0.2, -0.15) is 0 Å². The van der Waals surface area contributed by atoms with Crippen LogP contribution in [0.1, 0.15) is 40.5 Å². The van der Waals surface area contributed by atoms with E-state index in [2.05, 4.69) is 4.98 Å². The van der Waals surface area contributed by atoms with E-state index in [-0.39, 0.29) is 0 Å². The quantitative estimate of drug-likeness (QED) is 0.846. The molecule has 0 bridgehead atoms. The molecular formula is C15H22N2O3. The molecule has 110 valence electrons. The minimum Gasteiger partial charge on any atom is -0.489 e. The van der Waals surface area contributed by atoms with Crippen molar-refractivity contribution in [1.82, 2.24) is 4.98 Å². The molecule has 0 N–H and O–H groups in total. The lowest BCUT2D eigenvalue weighted by molar-refractivity contribution is -0.0284. The van der Waals surface area contributed by atoms with Gasteiger partial charge in [0.25, 0.3) is 0 Å². The molecule has 0 amide bonds. The molecule has 5 heteroatoms. The molecule has 0 aromatic carbocycles. The molecule has 0 spiro atoms. The van der Waals surface area contributed by atoms with Crippen LogP contribution in [0.25, 0.3) is 0 Å². The molecule has 2 aliphatic rings. The second-order valence-electron chi connectivity index (χ2n) is 6.56. The van der Waals surface area contributed by atoms with Gasteiger partial charge < -0.3 is 4.74 Å². The number of anilines is 1. The third-order valence-corrected chi connectivity index (χ3v) is 4.20. The molecule has 0 atom stereocenters. The first-order valence-corrected chi connectivity index (χ1v) is 7.14. The van der Waals surface area contributed by atoms with Crippen LogP contribution in [0, 0.1) is 5.92 Å². The van der Waals surface area contributed by atoms with Crippen LogP contribution in [-0.2, 0) is 9.68 Å². The van der Waals surface area contributed by atoms with Gasteiger partial charge in [-0.1, -0.05) is 0 Å². The summed E-state index contributed by atoms with van der Waals surface area (Å²) >= 11 is 0. The summed E-state index contributed by atoms with van der Waals surface area (Å²) in [6, 6.07) is 1.85. The maximum Gasteiger partial charge on any atom is 0.165 e. The SMILES string of the molecule is CC1(C)ON(c2ccncc2OCC2CC2)OC1(C)C. The molecule has 3 rings (SSSR count). The number of hydrogen-bond donors (Lipinski definition) is 0. The zero-order valence-electron chi connectivity index (χ0n) is 12.5. The third kappa shape index (κ3) is 2.47.